The van der Waals surface area contributed by atoms with Crippen LogP contribution in [0.2, 0.25) is 0 Å². The third-order valence-electron chi connectivity index (χ3n) is 22.0. The van der Waals surface area contributed by atoms with Crippen LogP contribution in [-0.2, 0) is 104 Å². The maximum atomic E-state index is 13.6. The van der Waals surface area contributed by atoms with Crippen molar-refractivity contribution in [2.45, 2.75) is 342 Å². The summed E-state index contributed by atoms with van der Waals surface area (Å²) in [7, 11) is 0. The van der Waals surface area contributed by atoms with Crippen molar-refractivity contribution >= 4 is 23.6 Å². The first-order chi connectivity index (χ1) is 57.1. The standard InChI is InChI=1S/C68H116N4O49/c1-16-34(85)42(93)47(98)63(106-16)119-57-32(71-20(5)82)61(112-28(12-78)55(57)117-66-50(101)45(96)38(89)25(9-75)109-66)104-14-23(84)36(87)53(22(7-73)69-18(3)80)115-68-52(103)59(40(91)30(114-68)15-105-60-31(70-19(4)81)41(92)54(27(11-77)111-60)116-65-49(100)44(95)37(88)24(8-74)108-65)121-62-33(72-21(6)83)58(120-64-48(99)43(94)35(86)17(2)107-64)56(29(13-79)113-62)118-67-51(102)46(97)39(90)26(10-76)110-67/h16-17,22-68,73-79,84-103H,7-15H2,1-6H3,(H,69,80)(H,70,81)(H,71,82)(H,72,83)/t16-,17-,22-,23+,24+,25+,26+,27+,28+,29+,30+,31+,32+,33+,34+,35+,36-,37-,38-,39-,40-,41+,42+,43+,44-,45-,46-,47-,48-,49+,50+,51+,52+,53+,54+,55+,56+,57+,58+,59-,60+,61+,62-,63-,64-,65-,66-,67-,68-/m0/s1. The average Bonchev–Trinajstić information content (AvgIpc) is 0.787. The van der Waals surface area contributed by atoms with Gasteiger partial charge in [-0.1, -0.05) is 0 Å². The van der Waals surface area contributed by atoms with Gasteiger partial charge in [0.2, 0.25) is 23.6 Å². The van der Waals surface area contributed by atoms with Gasteiger partial charge in [-0.05, 0) is 13.8 Å². The monoisotopic (exact) mass is 1770 g/mol. The van der Waals surface area contributed by atoms with E-state index in [1.807, 2.05) is 0 Å². The summed E-state index contributed by atoms with van der Waals surface area (Å²) in [6.07, 6.45) is -93.2. The second kappa shape index (κ2) is 44.4. The predicted molar refractivity (Wildman–Crippen MR) is 375 cm³/mol. The van der Waals surface area contributed by atoms with E-state index in [-0.39, 0.29) is 0 Å². The lowest BCUT2D eigenvalue weighted by molar-refractivity contribution is -0.389. The van der Waals surface area contributed by atoms with E-state index in [1.54, 1.807) is 0 Å². The summed E-state index contributed by atoms with van der Waals surface area (Å²) in [6, 6.07) is -7.91. The van der Waals surface area contributed by atoms with E-state index < -0.39 is 384 Å². The first kappa shape index (κ1) is 101. The second-order valence-corrected chi connectivity index (χ2v) is 30.7. The van der Waals surface area contributed by atoms with E-state index in [0.29, 0.717) is 0 Å². The molecule has 9 aliphatic rings. The Balaban J connectivity index is 1.09. The number of aliphatic hydroxyl groups excluding tert-OH is 27. The molecular formula is C68H116N4O49. The molecule has 0 radical (unpaired) electrons. The van der Waals surface area contributed by atoms with Crippen LogP contribution in [-0.4, -0.2) is 521 Å². The number of hydrogen-bond donors (Lipinski definition) is 31. The van der Waals surface area contributed by atoms with Crippen molar-refractivity contribution < 1.29 is 242 Å². The highest BCUT2D eigenvalue weighted by molar-refractivity contribution is 5.74. The van der Waals surface area contributed by atoms with Crippen molar-refractivity contribution in [3.63, 3.8) is 0 Å². The Hall–Kier alpha value is -3.92. The molecule has 702 valence electrons. The summed E-state index contributed by atoms with van der Waals surface area (Å²) in [5, 5.41) is 309. The number of carbonyl (C=O) groups excluding carboxylic acids is 4. The molecule has 0 spiro atoms. The van der Waals surface area contributed by atoms with Crippen LogP contribution in [0.15, 0.2) is 0 Å². The van der Waals surface area contributed by atoms with Crippen LogP contribution in [0.3, 0.4) is 0 Å². The third kappa shape index (κ3) is 23.0. The normalized spacial score (nSPS) is 47.3. The first-order valence-corrected chi connectivity index (χ1v) is 38.8. The fraction of sp³-hybridized carbons (Fsp3) is 0.941. The number of amides is 4. The maximum absolute atomic E-state index is 13.6. The topological polar surface area (TPSA) is 829 Å². The van der Waals surface area contributed by atoms with Gasteiger partial charge in [0, 0.05) is 27.7 Å². The Bertz CT molecular complexity index is 3210. The number of hydrogen-bond acceptors (Lipinski definition) is 49. The Kier molecular flexibility index (Phi) is 37.0. The lowest BCUT2D eigenvalue weighted by Gasteiger charge is -2.51. The predicted octanol–water partition coefficient (Wildman–Crippen LogP) is -20.5. The Labute approximate surface area is 686 Å². The van der Waals surface area contributed by atoms with Gasteiger partial charge in [-0.15, -0.1) is 0 Å². The molecule has 9 heterocycles. The largest absolute Gasteiger partial charge is 0.394 e. The van der Waals surface area contributed by atoms with E-state index in [9.17, 15) is 157 Å². The van der Waals surface area contributed by atoms with Crippen LogP contribution in [0.4, 0.5) is 0 Å². The maximum Gasteiger partial charge on any atom is 0.217 e. The van der Waals surface area contributed by atoms with Gasteiger partial charge in [-0.3, -0.25) is 19.2 Å². The Morgan fingerprint density at radius 1 is 0.306 bits per heavy atom. The summed E-state index contributed by atoms with van der Waals surface area (Å²) in [4.78, 5) is 53.0. The van der Waals surface area contributed by atoms with E-state index in [4.69, 9.17) is 85.3 Å². The molecule has 0 unspecified atom stereocenters. The molecular weight excluding hydrogens is 1660 g/mol. The minimum atomic E-state index is -2.67. The zero-order valence-corrected chi connectivity index (χ0v) is 65.7. The molecule has 9 saturated heterocycles. The number of aliphatic hydroxyl groups is 27. The summed E-state index contributed by atoms with van der Waals surface area (Å²) in [5.74, 6) is -3.97. The summed E-state index contributed by atoms with van der Waals surface area (Å²) in [5.41, 5.74) is 0. The number of carbonyl (C=O) groups is 4. The van der Waals surface area contributed by atoms with Gasteiger partial charge < -0.3 is 244 Å². The molecule has 9 rings (SSSR count). The fourth-order valence-electron chi connectivity index (χ4n) is 15.3. The summed E-state index contributed by atoms with van der Waals surface area (Å²) < 4.78 is 108. The van der Waals surface area contributed by atoms with Gasteiger partial charge in [-0.2, -0.15) is 0 Å². The number of ether oxygens (including phenoxy) is 18. The molecule has 9 fully saturated rings. The first-order valence-electron chi connectivity index (χ1n) is 38.8. The Morgan fingerprint density at radius 3 is 1.02 bits per heavy atom. The van der Waals surface area contributed by atoms with E-state index in [0.717, 1.165) is 27.7 Å². The molecule has 4 amide bonds. The van der Waals surface area contributed by atoms with Gasteiger partial charge >= 0.3 is 0 Å². The molecule has 0 aromatic heterocycles. The molecule has 0 aliphatic carbocycles. The van der Waals surface area contributed by atoms with Crippen molar-refractivity contribution in [3.05, 3.63) is 0 Å². The van der Waals surface area contributed by atoms with Crippen LogP contribution >= 0.6 is 0 Å². The van der Waals surface area contributed by atoms with Gasteiger partial charge in [0.25, 0.3) is 0 Å². The molecule has 0 saturated carbocycles. The highest BCUT2D eigenvalue weighted by atomic mass is 16.8. The van der Waals surface area contributed by atoms with Crippen LogP contribution in [0.1, 0.15) is 41.5 Å². The molecule has 53 nitrogen and oxygen atoms in total. The van der Waals surface area contributed by atoms with Crippen molar-refractivity contribution in [2.75, 3.05) is 59.5 Å². The molecule has 0 aromatic rings. The van der Waals surface area contributed by atoms with Crippen molar-refractivity contribution in [2.24, 2.45) is 0 Å². The van der Waals surface area contributed by atoms with Crippen LogP contribution < -0.4 is 21.3 Å². The van der Waals surface area contributed by atoms with Gasteiger partial charge in [0.1, 0.15) is 226 Å². The van der Waals surface area contributed by atoms with Gasteiger partial charge in [0.15, 0.2) is 56.6 Å². The molecule has 0 bridgehead atoms. The lowest BCUT2D eigenvalue weighted by atomic mass is 9.93. The lowest BCUT2D eigenvalue weighted by Crippen LogP contribution is -2.71. The third-order valence-corrected chi connectivity index (χ3v) is 22.0. The molecule has 9 aliphatic heterocycles. The highest BCUT2D eigenvalue weighted by Crippen LogP contribution is 2.40. The number of rotatable bonds is 34. The van der Waals surface area contributed by atoms with Crippen LogP contribution in [0, 0.1) is 0 Å². The molecule has 49 atom stereocenters. The van der Waals surface area contributed by atoms with Crippen molar-refractivity contribution in [3.8, 4) is 0 Å². The SMILES string of the molecule is CC(=O)N[C@H]1[C@H](OC[C@H]2O[C@@H](O[C@@H]([C@@H](O)[C@H](O)CO[C@@H]3O[C@H](CO)[C@@H](O[C@@H]4O[C@H](CO)[C@H](O)[C@H](O)[C@H]4O)[C@H](O[C@@H]4O[C@@H](C)[C@@H](O)[C@@H](O)[C@@H]4O)[C@H]3NC(C)=O)[C@H](CO)NC(C)=O)[C@H](O)[C@@H](O[C@@H]3O[C@H](CO)[C@@H](O[C@@H]4O[C@H](CO)[C@H](O)[C@H](O)[C@H]4O)[C@H](O[C@@H]4O[C@@H](C)[C@@H](O)[C@@H](O)[C@@H]4O)[C@H]3NC(C)=O)[C@H]2O)O[C@H](CO)[C@@H](O[C@@H]2O[C@H](CO)[C@H](O)[C@H](O)[C@H]2O)[C@@H]1O. The number of nitrogens with one attached hydrogen (secondary N) is 4. The molecule has 53 heteroatoms. The van der Waals surface area contributed by atoms with Gasteiger partial charge in [0.05, 0.1) is 77.7 Å². The summed E-state index contributed by atoms with van der Waals surface area (Å²) >= 11 is 0. The highest BCUT2D eigenvalue weighted by Gasteiger charge is 2.61. The second-order valence-electron chi connectivity index (χ2n) is 30.7. The van der Waals surface area contributed by atoms with E-state index >= 15 is 0 Å². The van der Waals surface area contributed by atoms with Crippen molar-refractivity contribution in [1.82, 2.24) is 21.3 Å². The van der Waals surface area contributed by atoms with Gasteiger partial charge in [-0.25, -0.2) is 0 Å². The molecule has 0 aromatic carbocycles. The van der Waals surface area contributed by atoms with Crippen molar-refractivity contribution in [1.29, 1.82) is 0 Å². The smallest absolute Gasteiger partial charge is 0.217 e. The van der Waals surface area contributed by atoms with Crippen LogP contribution in [0.25, 0.3) is 0 Å². The zero-order chi connectivity index (χ0) is 89.5. The van der Waals surface area contributed by atoms with E-state index in [2.05, 4.69) is 21.3 Å². The van der Waals surface area contributed by atoms with Crippen LogP contribution in [0.5, 0.6) is 0 Å². The fourth-order valence-corrected chi connectivity index (χ4v) is 15.3. The minimum absolute atomic E-state index is 0.891. The summed E-state index contributed by atoms with van der Waals surface area (Å²) in [6.45, 7) is -4.18. The quantitative estimate of drug-likeness (QED) is 0.0284. The molecule has 121 heavy (non-hydrogen) atoms. The average molecular weight is 1770 g/mol. The van der Waals surface area contributed by atoms with E-state index in [1.165, 1.54) is 13.8 Å². The zero-order valence-electron chi connectivity index (χ0n) is 65.7. The molecule has 31 N–H and O–H groups in total. The Morgan fingerprint density at radius 2 is 0.628 bits per heavy atom. The minimum Gasteiger partial charge on any atom is -0.394 e.